The molecule has 0 saturated carbocycles. The lowest BCUT2D eigenvalue weighted by Gasteiger charge is -2.35. The van der Waals surface area contributed by atoms with E-state index in [1.165, 1.54) is 0 Å². The smallest absolute Gasteiger partial charge is 0.239 e. The molecule has 10 nitrogen and oxygen atoms in total. The zero-order valence-corrected chi connectivity index (χ0v) is 22.9. The molecule has 2 saturated heterocycles. The molecule has 5 heterocycles. The maximum Gasteiger partial charge on any atom is 0.239 e. The number of hydrogen-bond acceptors (Lipinski definition) is 8. The minimum Gasteiger partial charge on any atom is -0.389 e. The number of piperidine rings is 1. The van der Waals surface area contributed by atoms with Crippen LogP contribution in [0.1, 0.15) is 38.3 Å². The Morgan fingerprint density at radius 3 is 2.47 bits per heavy atom. The average Bonchev–Trinajstić information content (AvgIpc) is 3.40. The first-order valence-electron chi connectivity index (χ1n) is 13.7. The third-order valence-electron chi connectivity index (χ3n) is 7.81. The standard InChI is InChI=1S/C28H38N8O2/c1-19-29-21-7-5-6-8-22(21)36(19)27-31-25-24(26(32-27)35-13-15-38-16-14-35)30-23(33(25)4)17-20-9-11-34(12-10-20)18-28(2,3)37/h5-8,20,37H,9-18H2,1-4H3. The molecule has 2 aliphatic rings. The van der Waals surface area contributed by atoms with Gasteiger partial charge in [0, 0.05) is 33.1 Å². The van der Waals surface area contributed by atoms with Crippen LogP contribution in [0.3, 0.4) is 0 Å². The number of imidazole rings is 2. The van der Waals surface area contributed by atoms with Crippen molar-refractivity contribution in [1.29, 1.82) is 0 Å². The molecule has 6 rings (SSSR count). The molecule has 3 aromatic heterocycles. The molecule has 0 aliphatic carbocycles. The number of fused-ring (bicyclic) bond motifs is 2. The third kappa shape index (κ3) is 4.88. The largest absolute Gasteiger partial charge is 0.389 e. The van der Waals surface area contributed by atoms with E-state index in [0.29, 0.717) is 25.1 Å². The fraction of sp³-hybridized carbons (Fsp3) is 0.571. The molecular formula is C28H38N8O2. The van der Waals surface area contributed by atoms with Crippen LogP contribution >= 0.6 is 0 Å². The Labute approximate surface area is 223 Å². The molecule has 0 spiro atoms. The van der Waals surface area contributed by atoms with Crippen LogP contribution in [0, 0.1) is 12.8 Å². The zero-order chi connectivity index (χ0) is 26.4. The number of β-amino-alcohol motifs (C(OH)–C–C–N with tert-alkyl or cyclic N) is 1. The van der Waals surface area contributed by atoms with Gasteiger partial charge in [0.15, 0.2) is 17.0 Å². The summed E-state index contributed by atoms with van der Waals surface area (Å²) in [6.07, 6.45) is 3.12. The lowest BCUT2D eigenvalue weighted by molar-refractivity contribution is 0.0243. The van der Waals surface area contributed by atoms with E-state index in [1.54, 1.807) is 0 Å². The van der Waals surface area contributed by atoms with Gasteiger partial charge in [-0.25, -0.2) is 9.97 Å². The molecule has 0 bridgehead atoms. The van der Waals surface area contributed by atoms with E-state index in [-0.39, 0.29) is 0 Å². The molecule has 4 aromatic rings. The molecule has 0 unspecified atom stereocenters. The second-order valence-electron chi connectivity index (χ2n) is 11.4. The highest BCUT2D eigenvalue weighted by molar-refractivity contribution is 5.86. The maximum absolute atomic E-state index is 10.2. The molecule has 0 radical (unpaired) electrons. The quantitative estimate of drug-likeness (QED) is 0.416. The van der Waals surface area contributed by atoms with Crippen LogP contribution in [0.15, 0.2) is 24.3 Å². The van der Waals surface area contributed by atoms with Gasteiger partial charge in [-0.15, -0.1) is 0 Å². The van der Waals surface area contributed by atoms with Crippen LogP contribution in [0.25, 0.3) is 28.1 Å². The number of likely N-dealkylation sites (tertiary alicyclic amines) is 1. The Hall–Kier alpha value is -3.08. The monoisotopic (exact) mass is 518 g/mol. The number of aliphatic hydroxyl groups is 1. The summed E-state index contributed by atoms with van der Waals surface area (Å²) in [5, 5.41) is 10.2. The highest BCUT2D eigenvalue weighted by atomic mass is 16.5. The average molecular weight is 519 g/mol. The van der Waals surface area contributed by atoms with Crippen molar-refractivity contribution < 1.29 is 9.84 Å². The summed E-state index contributed by atoms with van der Waals surface area (Å²) < 4.78 is 9.84. The van der Waals surface area contributed by atoms with E-state index >= 15 is 0 Å². The minimum absolute atomic E-state index is 0.558. The summed E-state index contributed by atoms with van der Waals surface area (Å²) in [6.45, 7) is 11.4. The third-order valence-corrected chi connectivity index (χ3v) is 7.81. The number of hydrogen-bond donors (Lipinski definition) is 1. The molecule has 10 heteroatoms. The second kappa shape index (κ2) is 9.91. The summed E-state index contributed by atoms with van der Waals surface area (Å²) in [6, 6.07) is 8.12. The first-order valence-corrected chi connectivity index (χ1v) is 13.7. The fourth-order valence-electron chi connectivity index (χ4n) is 5.91. The van der Waals surface area contributed by atoms with Crippen molar-refractivity contribution in [2.24, 2.45) is 13.0 Å². The molecule has 38 heavy (non-hydrogen) atoms. The van der Waals surface area contributed by atoms with E-state index in [1.807, 2.05) is 43.5 Å². The van der Waals surface area contributed by atoms with E-state index in [2.05, 4.69) is 27.5 Å². The van der Waals surface area contributed by atoms with E-state index in [4.69, 9.17) is 24.7 Å². The van der Waals surface area contributed by atoms with Crippen molar-refractivity contribution in [3.05, 3.63) is 35.9 Å². The number of benzene rings is 1. The Morgan fingerprint density at radius 1 is 1.00 bits per heavy atom. The highest BCUT2D eigenvalue weighted by Crippen LogP contribution is 2.30. The van der Waals surface area contributed by atoms with E-state index < -0.39 is 5.60 Å². The predicted molar refractivity (Wildman–Crippen MR) is 148 cm³/mol. The topological polar surface area (TPSA) is 97.4 Å². The van der Waals surface area contributed by atoms with Crippen LogP contribution in [0.5, 0.6) is 0 Å². The first-order chi connectivity index (χ1) is 18.3. The number of para-hydroxylation sites is 2. The van der Waals surface area contributed by atoms with Gasteiger partial charge in [-0.3, -0.25) is 4.57 Å². The van der Waals surface area contributed by atoms with Gasteiger partial charge in [-0.1, -0.05) is 12.1 Å². The summed E-state index contributed by atoms with van der Waals surface area (Å²) >= 11 is 0. The molecule has 0 amide bonds. The number of morpholine rings is 1. The summed E-state index contributed by atoms with van der Waals surface area (Å²) in [5.74, 6) is 3.96. The normalized spacial score (nSPS) is 18.2. The lowest BCUT2D eigenvalue weighted by Crippen LogP contribution is -2.43. The Morgan fingerprint density at radius 2 is 1.74 bits per heavy atom. The summed E-state index contributed by atoms with van der Waals surface area (Å²) in [4.78, 5) is 24.7. The van der Waals surface area contributed by atoms with Crippen molar-refractivity contribution in [3.63, 3.8) is 0 Å². The highest BCUT2D eigenvalue weighted by Gasteiger charge is 2.27. The summed E-state index contributed by atoms with van der Waals surface area (Å²) in [5.41, 5.74) is 2.98. The summed E-state index contributed by atoms with van der Waals surface area (Å²) in [7, 11) is 2.08. The van der Waals surface area contributed by atoms with Crippen LogP contribution in [0.4, 0.5) is 5.82 Å². The van der Waals surface area contributed by atoms with Gasteiger partial charge < -0.3 is 24.2 Å². The van der Waals surface area contributed by atoms with Crippen molar-refractivity contribution in [3.8, 4) is 5.95 Å². The van der Waals surface area contributed by atoms with Gasteiger partial charge in [0.05, 0.1) is 29.8 Å². The Balaban J connectivity index is 1.36. The Kier molecular flexibility index (Phi) is 6.57. The van der Waals surface area contributed by atoms with Crippen molar-refractivity contribution in [2.75, 3.05) is 50.8 Å². The molecule has 1 N–H and O–H groups in total. The van der Waals surface area contributed by atoms with Crippen molar-refractivity contribution in [2.45, 2.75) is 45.6 Å². The van der Waals surface area contributed by atoms with Crippen molar-refractivity contribution in [1.82, 2.24) is 34.0 Å². The van der Waals surface area contributed by atoms with Gasteiger partial charge in [0.25, 0.3) is 0 Å². The SMILES string of the molecule is Cc1nc2ccccc2n1-c1nc(N2CCOCC2)c2nc(CC3CCN(CC(C)(C)O)CC3)n(C)c2n1. The van der Waals surface area contributed by atoms with Crippen LogP contribution < -0.4 is 4.90 Å². The number of aromatic nitrogens is 6. The van der Waals surface area contributed by atoms with Crippen LogP contribution in [-0.2, 0) is 18.2 Å². The Bertz CT molecular complexity index is 1440. The van der Waals surface area contributed by atoms with Crippen LogP contribution in [-0.4, -0.2) is 90.6 Å². The predicted octanol–water partition coefficient (Wildman–Crippen LogP) is 2.87. The molecule has 2 fully saturated rings. The molecular weight excluding hydrogens is 480 g/mol. The molecule has 0 atom stereocenters. The number of aryl methyl sites for hydroxylation is 2. The minimum atomic E-state index is -0.657. The number of rotatable bonds is 6. The molecule has 2 aliphatic heterocycles. The lowest BCUT2D eigenvalue weighted by atomic mass is 9.92. The maximum atomic E-state index is 10.2. The van der Waals surface area contributed by atoms with Gasteiger partial charge in [0.1, 0.15) is 11.6 Å². The van der Waals surface area contributed by atoms with E-state index in [0.717, 1.165) is 91.7 Å². The van der Waals surface area contributed by atoms with E-state index in [9.17, 15) is 5.11 Å². The van der Waals surface area contributed by atoms with Crippen molar-refractivity contribution >= 4 is 28.0 Å². The number of ether oxygens (including phenoxy) is 1. The van der Waals surface area contributed by atoms with Crippen LogP contribution in [0.2, 0.25) is 0 Å². The van der Waals surface area contributed by atoms with Gasteiger partial charge in [-0.2, -0.15) is 9.97 Å². The second-order valence-corrected chi connectivity index (χ2v) is 11.4. The number of nitrogens with zero attached hydrogens (tertiary/aromatic N) is 8. The molecule has 202 valence electrons. The zero-order valence-electron chi connectivity index (χ0n) is 22.9. The number of anilines is 1. The molecule has 1 aromatic carbocycles. The first kappa shape index (κ1) is 25.2. The van der Waals surface area contributed by atoms with Gasteiger partial charge in [0.2, 0.25) is 5.95 Å². The van der Waals surface area contributed by atoms with Gasteiger partial charge >= 0.3 is 0 Å². The van der Waals surface area contributed by atoms with Gasteiger partial charge in [-0.05, 0) is 64.8 Å². The fourth-order valence-corrected chi connectivity index (χ4v) is 5.91.